The summed E-state index contributed by atoms with van der Waals surface area (Å²) >= 11 is 1.79. The molecule has 0 aliphatic rings. The fourth-order valence-corrected chi connectivity index (χ4v) is 4.39. The zero-order chi connectivity index (χ0) is 19.5. The summed E-state index contributed by atoms with van der Waals surface area (Å²) in [7, 11) is 0. The minimum absolute atomic E-state index is 0.764. The van der Waals surface area contributed by atoms with E-state index < -0.39 is 0 Å². The van der Waals surface area contributed by atoms with Gasteiger partial charge >= 0.3 is 0 Å². The smallest absolute Gasteiger partial charge is 0.226 e. The second-order valence-electron chi connectivity index (χ2n) is 6.38. The number of hydrogen-bond donors (Lipinski definition) is 1. The summed E-state index contributed by atoms with van der Waals surface area (Å²) in [5, 5.41) is 8.65. The molecule has 0 saturated heterocycles. The van der Waals surface area contributed by atoms with Crippen LogP contribution >= 0.6 is 11.3 Å². The van der Waals surface area contributed by atoms with Crippen LogP contribution in [0, 0.1) is 0 Å². The van der Waals surface area contributed by atoms with Crippen molar-refractivity contribution in [3.05, 3.63) is 83.9 Å². The number of anilines is 1. The van der Waals surface area contributed by atoms with Gasteiger partial charge in [-0.15, -0.1) is 0 Å². The van der Waals surface area contributed by atoms with Crippen LogP contribution in [-0.2, 0) is 6.54 Å². The number of thiazole rings is 1. The van der Waals surface area contributed by atoms with Crippen molar-refractivity contribution in [2.24, 2.45) is 10.9 Å². The zero-order valence-corrected chi connectivity index (χ0v) is 16.3. The van der Waals surface area contributed by atoms with E-state index in [1.165, 1.54) is 31.1 Å². The molecule has 0 atom stereocenters. The molecule has 0 saturated carbocycles. The number of allylic oxidation sites excluding steroid dienone is 1. The van der Waals surface area contributed by atoms with Crippen molar-refractivity contribution < 1.29 is 4.57 Å². The third kappa shape index (κ3) is 3.33. The Morgan fingerprint density at radius 1 is 1.04 bits per heavy atom. The van der Waals surface area contributed by atoms with Crippen molar-refractivity contribution in [3.8, 4) is 0 Å². The fourth-order valence-electron chi connectivity index (χ4n) is 3.30. The lowest BCUT2D eigenvalue weighted by Crippen LogP contribution is -2.34. The van der Waals surface area contributed by atoms with Gasteiger partial charge in [-0.3, -0.25) is 0 Å². The number of hydrazine groups is 1. The van der Waals surface area contributed by atoms with Gasteiger partial charge in [-0.05, 0) is 47.4 Å². The molecule has 3 aromatic carbocycles. The van der Waals surface area contributed by atoms with Crippen LogP contribution in [0.25, 0.3) is 33.1 Å². The van der Waals surface area contributed by atoms with Gasteiger partial charge < -0.3 is 0 Å². The maximum atomic E-state index is 5.73. The number of fused-ring (bicyclic) bond motifs is 3. The Morgan fingerprint density at radius 2 is 1.82 bits per heavy atom. The van der Waals surface area contributed by atoms with Crippen molar-refractivity contribution in [1.82, 2.24) is 0 Å². The van der Waals surface area contributed by atoms with Crippen molar-refractivity contribution >= 4 is 56.9 Å². The van der Waals surface area contributed by atoms with Gasteiger partial charge in [-0.25, -0.2) is 11.0 Å². The first-order valence-corrected chi connectivity index (χ1v) is 9.77. The van der Waals surface area contributed by atoms with E-state index in [1.54, 1.807) is 11.3 Å². The average molecular weight is 386 g/mol. The average Bonchev–Trinajstić information content (AvgIpc) is 3.10. The predicted octanol–water partition coefficient (Wildman–Crippen LogP) is 4.99. The van der Waals surface area contributed by atoms with Gasteiger partial charge in [0, 0.05) is 12.8 Å². The molecule has 138 valence electrons. The maximum Gasteiger partial charge on any atom is 0.263 e. The largest absolute Gasteiger partial charge is 0.263 e. The Kier molecular flexibility index (Phi) is 5.02. The number of aromatic nitrogens is 1. The second-order valence-corrected chi connectivity index (χ2v) is 7.45. The fraction of sp³-hybridized carbons (Fsp3) is 0.0435. The molecule has 5 heteroatoms. The molecule has 0 amide bonds. The Balaban J connectivity index is 1.76. The zero-order valence-electron chi connectivity index (χ0n) is 15.5. The van der Waals surface area contributed by atoms with E-state index in [9.17, 15) is 0 Å². The first-order valence-electron chi connectivity index (χ1n) is 8.96. The summed E-state index contributed by atoms with van der Waals surface area (Å²) in [6.07, 6.45) is 6.21. The summed E-state index contributed by atoms with van der Waals surface area (Å²) in [6.45, 7) is 8.14. The van der Waals surface area contributed by atoms with E-state index in [0.29, 0.717) is 0 Å². The number of hydrazone groups is 1. The minimum atomic E-state index is 0.764. The molecular weight excluding hydrogens is 364 g/mol. The maximum absolute atomic E-state index is 5.73. The number of nitrogens with zero attached hydrogens (tertiary/aromatic N) is 3. The monoisotopic (exact) mass is 385 g/mol. The topological polar surface area (TPSA) is 45.5 Å². The van der Waals surface area contributed by atoms with Crippen LogP contribution in [0.5, 0.6) is 0 Å². The molecule has 2 N–H and O–H groups in total. The van der Waals surface area contributed by atoms with E-state index in [4.69, 9.17) is 5.84 Å². The molecule has 0 bridgehead atoms. The first-order chi connectivity index (χ1) is 13.7. The lowest BCUT2D eigenvalue weighted by atomic mass is 10.1. The van der Waals surface area contributed by atoms with Gasteiger partial charge in [0.05, 0.1) is 11.1 Å². The molecule has 0 aliphatic heterocycles. The predicted molar refractivity (Wildman–Crippen MR) is 121 cm³/mol. The molecule has 1 heterocycles. The summed E-state index contributed by atoms with van der Waals surface area (Å²) in [4.78, 5) is 0. The summed E-state index contributed by atoms with van der Waals surface area (Å²) in [5.74, 6) is 5.73. The lowest BCUT2D eigenvalue weighted by molar-refractivity contribution is -0.657. The summed E-state index contributed by atoms with van der Waals surface area (Å²) < 4.78 is 3.59. The van der Waals surface area contributed by atoms with Crippen molar-refractivity contribution in [2.75, 3.05) is 5.12 Å². The molecule has 4 aromatic rings. The highest BCUT2D eigenvalue weighted by atomic mass is 32.1. The lowest BCUT2D eigenvalue weighted by Gasteiger charge is -2.10. The van der Waals surface area contributed by atoms with Crippen molar-refractivity contribution in [2.45, 2.75) is 6.54 Å². The van der Waals surface area contributed by atoms with Crippen LogP contribution in [0.15, 0.2) is 78.4 Å². The molecule has 0 radical (unpaired) electrons. The standard InChI is InChI=1S/C23H21N4S/c1-3-16-26-22(15-10-17-8-12-19(13-9-17)27(24)25-2)28-21-14-11-18-6-4-5-7-20(18)23(21)26/h3-15H,1-2,16,24H2/q+1. The van der Waals surface area contributed by atoms with Crippen LogP contribution < -0.4 is 15.5 Å². The van der Waals surface area contributed by atoms with Gasteiger partial charge in [0.15, 0.2) is 6.54 Å². The van der Waals surface area contributed by atoms with E-state index >= 15 is 0 Å². The van der Waals surface area contributed by atoms with Gasteiger partial charge in [0.25, 0.3) is 5.01 Å². The minimum Gasteiger partial charge on any atom is -0.226 e. The van der Waals surface area contributed by atoms with Gasteiger partial charge in [0.2, 0.25) is 5.52 Å². The van der Waals surface area contributed by atoms with Crippen LogP contribution in [-0.4, -0.2) is 6.72 Å². The molecule has 4 rings (SSSR count). The third-order valence-corrected chi connectivity index (χ3v) is 5.77. The highest BCUT2D eigenvalue weighted by molar-refractivity contribution is 7.19. The molecule has 0 aliphatic carbocycles. The molecule has 0 unspecified atom stereocenters. The highest BCUT2D eigenvalue weighted by Gasteiger charge is 2.20. The molecule has 4 nitrogen and oxygen atoms in total. The van der Waals surface area contributed by atoms with Crippen molar-refractivity contribution in [1.29, 1.82) is 0 Å². The van der Waals surface area contributed by atoms with Crippen LogP contribution in [0.2, 0.25) is 0 Å². The van der Waals surface area contributed by atoms with E-state index in [1.807, 2.05) is 30.3 Å². The number of rotatable bonds is 6. The summed E-state index contributed by atoms with van der Waals surface area (Å²) in [6, 6.07) is 20.8. The number of hydrogen-bond acceptors (Lipinski definition) is 4. The normalized spacial score (nSPS) is 11.3. The van der Waals surface area contributed by atoms with Crippen LogP contribution in [0.3, 0.4) is 0 Å². The molecule has 28 heavy (non-hydrogen) atoms. The van der Waals surface area contributed by atoms with Gasteiger partial charge in [-0.2, -0.15) is 9.67 Å². The summed E-state index contributed by atoms with van der Waals surface area (Å²) in [5.41, 5.74) is 3.14. The molecular formula is C23H21N4S+. The van der Waals surface area contributed by atoms with E-state index in [2.05, 4.69) is 71.5 Å². The van der Waals surface area contributed by atoms with E-state index in [-0.39, 0.29) is 0 Å². The molecule has 1 aromatic heterocycles. The van der Waals surface area contributed by atoms with Crippen LogP contribution in [0.4, 0.5) is 5.69 Å². The Bertz CT molecular complexity index is 1190. The van der Waals surface area contributed by atoms with Crippen LogP contribution in [0.1, 0.15) is 10.6 Å². The number of benzene rings is 3. The Hall–Kier alpha value is -3.28. The Labute approximate surface area is 168 Å². The van der Waals surface area contributed by atoms with E-state index in [0.717, 1.165) is 17.8 Å². The second kappa shape index (κ2) is 7.76. The number of nitrogens with two attached hydrogens (primary N) is 1. The Morgan fingerprint density at radius 3 is 2.57 bits per heavy atom. The first kappa shape index (κ1) is 18.1. The molecule has 0 fully saturated rings. The highest BCUT2D eigenvalue weighted by Crippen LogP contribution is 2.29. The van der Waals surface area contributed by atoms with Gasteiger partial charge in [0.1, 0.15) is 4.70 Å². The van der Waals surface area contributed by atoms with Gasteiger partial charge in [-0.1, -0.05) is 54.3 Å². The SMILES string of the molecule is C=CC[n+]1c(/C=C/c2ccc(N(N)N=C)cc2)sc2ccc3ccccc3c21. The van der Waals surface area contributed by atoms with Crippen molar-refractivity contribution in [3.63, 3.8) is 0 Å². The third-order valence-electron chi connectivity index (χ3n) is 4.65. The molecule has 0 spiro atoms. The quantitative estimate of drug-likeness (QED) is 0.167.